The number of ether oxygens (including phenoxy) is 1. The van der Waals surface area contributed by atoms with Crippen molar-refractivity contribution in [1.82, 2.24) is 15.4 Å². The topological polar surface area (TPSA) is 71.1 Å². The molecule has 0 aliphatic heterocycles. The molecule has 1 atom stereocenters. The van der Waals surface area contributed by atoms with Crippen molar-refractivity contribution < 1.29 is 22.3 Å². The first kappa shape index (κ1) is 23.7. The van der Waals surface area contributed by atoms with Gasteiger partial charge in [-0.15, -0.1) is 11.6 Å². The summed E-state index contributed by atoms with van der Waals surface area (Å²) in [5.74, 6) is -1.03. The van der Waals surface area contributed by atoms with E-state index >= 15 is 0 Å². The van der Waals surface area contributed by atoms with Crippen LogP contribution < -0.4 is 16.2 Å². The van der Waals surface area contributed by atoms with E-state index < -0.39 is 18.0 Å². The number of nitrogens with zero attached hydrogens (tertiary/aromatic N) is 2. The van der Waals surface area contributed by atoms with Gasteiger partial charge in [-0.3, -0.25) is 5.43 Å². The molecular formula is C16H16Cl3F4N5O. The molecule has 0 radical (unpaired) electrons. The fraction of sp³-hybridized carbons (Fsp3) is 0.375. The molecule has 0 saturated carbocycles. The predicted octanol–water partition coefficient (Wildman–Crippen LogP) is 5.08. The van der Waals surface area contributed by atoms with E-state index in [1.165, 1.54) is 12.1 Å². The maximum absolute atomic E-state index is 14.4. The van der Waals surface area contributed by atoms with Gasteiger partial charge in [0, 0.05) is 11.4 Å². The number of aromatic nitrogens is 2. The highest BCUT2D eigenvalue weighted by Crippen LogP contribution is 2.40. The molecule has 2 rings (SSSR count). The van der Waals surface area contributed by atoms with Crippen molar-refractivity contribution in [2.45, 2.75) is 19.1 Å². The van der Waals surface area contributed by atoms with E-state index in [9.17, 15) is 17.6 Å². The summed E-state index contributed by atoms with van der Waals surface area (Å²) in [5.41, 5.74) is 4.70. The van der Waals surface area contributed by atoms with Gasteiger partial charge in [0.2, 0.25) is 5.95 Å². The minimum absolute atomic E-state index is 0.0102. The van der Waals surface area contributed by atoms with Gasteiger partial charge in [0.05, 0.1) is 17.2 Å². The van der Waals surface area contributed by atoms with Crippen LogP contribution in [0.15, 0.2) is 18.2 Å². The van der Waals surface area contributed by atoms with E-state index in [1.54, 1.807) is 0 Å². The van der Waals surface area contributed by atoms with Gasteiger partial charge in [-0.25, -0.2) is 9.82 Å². The SMILES string of the molecule is C[C@H](Nc1nc(NNCOCCCl)nc(Cl)c1-c1c(F)cccc1Cl)C(F)(F)F. The van der Waals surface area contributed by atoms with Crippen molar-refractivity contribution in [2.75, 3.05) is 30.0 Å². The zero-order valence-corrected chi connectivity index (χ0v) is 17.1. The summed E-state index contributed by atoms with van der Waals surface area (Å²) in [6.07, 6.45) is -4.59. The van der Waals surface area contributed by atoms with E-state index in [-0.39, 0.29) is 52.3 Å². The van der Waals surface area contributed by atoms with Gasteiger partial charge in [0.25, 0.3) is 0 Å². The second-order valence-electron chi connectivity index (χ2n) is 5.61. The summed E-state index contributed by atoms with van der Waals surface area (Å²) in [6.45, 7) is 1.17. The van der Waals surface area contributed by atoms with Crippen LogP contribution in [0.5, 0.6) is 0 Å². The number of halogens is 7. The average Bonchev–Trinajstić information content (AvgIpc) is 2.62. The summed E-state index contributed by atoms with van der Waals surface area (Å²) >= 11 is 17.7. The average molecular weight is 477 g/mol. The van der Waals surface area contributed by atoms with Crippen LogP contribution in [0, 0.1) is 5.82 Å². The molecule has 0 spiro atoms. The van der Waals surface area contributed by atoms with Crippen LogP contribution in [0.3, 0.4) is 0 Å². The Morgan fingerprint density at radius 2 is 1.90 bits per heavy atom. The monoisotopic (exact) mass is 475 g/mol. The van der Waals surface area contributed by atoms with Crippen molar-refractivity contribution in [2.24, 2.45) is 0 Å². The van der Waals surface area contributed by atoms with Gasteiger partial charge in [-0.1, -0.05) is 29.3 Å². The van der Waals surface area contributed by atoms with Crippen LogP contribution in [-0.2, 0) is 4.74 Å². The first-order valence-electron chi connectivity index (χ1n) is 8.13. The zero-order valence-electron chi connectivity index (χ0n) is 14.9. The third-order valence-electron chi connectivity index (χ3n) is 3.52. The zero-order chi connectivity index (χ0) is 21.6. The molecule has 0 bridgehead atoms. The Morgan fingerprint density at radius 3 is 2.52 bits per heavy atom. The Kier molecular flexibility index (Phi) is 8.53. The molecule has 0 aliphatic carbocycles. The molecule has 6 nitrogen and oxygen atoms in total. The molecule has 1 heterocycles. The molecular weight excluding hydrogens is 461 g/mol. The molecule has 0 aliphatic rings. The lowest BCUT2D eigenvalue weighted by Crippen LogP contribution is -2.34. The number of hydrazine groups is 1. The molecule has 29 heavy (non-hydrogen) atoms. The van der Waals surface area contributed by atoms with Crippen LogP contribution in [-0.4, -0.2) is 41.4 Å². The van der Waals surface area contributed by atoms with Crippen LogP contribution in [0.2, 0.25) is 10.2 Å². The molecule has 1 aromatic heterocycles. The van der Waals surface area contributed by atoms with Gasteiger partial charge < -0.3 is 10.1 Å². The lowest BCUT2D eigenvalue weighted by atomic mass is 10.1. The summed E-state index contributed by atoms with van der Waals surface area (Å²) < 4.78 is 58.6. The smallest absolute Gasteiger partial charge is 0.363 e. The lowest BCUT2D eigenvalue weighted by Gasteiger charge is -2.21. The van der Waals surface area contributed by atoms with E-state index in [4.69, 9.17) is 39.5 Å². The third kappa shape index (κ3) is 6.45. The van der Waals surface area contributed by atoms with Crippen LogP contribution in [0.4, 0.5) is 29.3 Å². The standard InChI is InChI=1S/C16H16Cl3F4N5O/c1-8(16(21,22)23)25-14-12(11-9(18)3-2-4-10(11)20)13(19)26-15(27-14)28-24-7-29-6-5-17/h2-4,8,24H,5-7H2,1H3,(H2,25,26,27,28)/t8-/m0/s1. The minimum atomic E-state index is -4.59. The minimum Gasteiger partial charge on any atom is -0.363 e. The van der Waals surface area contributed by atoms with Crippen molar-refractivity contribution in [1.29, 1.82) is 0 Å². The fourth-order valence-corrected chi connectivity index (χ4v) is 2.76. The number of hydrogen-bond acceptors (Lipinski definition) is 6. The summed E-state index contributed by atoms with van der Waals surface area (Å²) in [5, 5.41) is 1.82. The number of rotatable bonds is 9. The van der Waals surface area contributed by atoms with Crippen LogP contribution in [0.25, 0.3) is 11.1 Å². The lowest BCUT2D eigenvalue weighted by molar-refractivity contribution is -0.138. The highest BCUT2D eigenvalue weighted by atomic mass is 35.5. The van der Waals surface area contributed by atoms with E-state index in [2.05, 4.69) is 26.1 Å². The van der Waals surface area contributed by atoms with E-state index in [0.29, 0.717) is 0 Å². The summed E-state index contributed by atoms with van der Waals surface area (Å²) in [4.78, 5) is 7.91. The molecule has 160 valence electrons. The Bertz CT molecular complexity index is 821. The number of hydrogen-bond donors (Lipinski definition) is 3. The van der Waals surface area contributed by atoms with Crippen molar-refractivity contribution >= 4 is 46.6 Å². The van der Waals surface area contributed by atoms with Gasteiger partial charge in [0.1, 0.15) is 29.6 Å². The molecule has 13 heteroatoms. The molecule has 3 N–H and O–H groups in total. The van der Waals surface area contributed by atoms with Crippen molar-refractivity contribution in [3.8, 4) is 11.1 Å². The molecule has 0 fully saturated rings. The second kappa shape index (κ2) is 10.4. The van der Waals surface area contributed by atoms with Gasteiger partial charge in [-0.2, -0.15) is 23.1 Å². The normalized spacial score (nSPS) is 12.7. The third-order valence-corrected chi connectivity index (χ3v) is 4.26. The first-order chi connectivity index (χ1) is 13.6. The highest BCUT2D eigenvalue weighted by molar-refractivity contribution is 6.36. The number of nitrogens with one attached hydrogen (secondary N) is 3. The molecule has 0 unspecified atom stereocenters. The van der Waals surface area contributed by atoms with Crippen molar-refractivity contribution in [3.05, 3.63) is 34.2 Å². The van der Waals surface area contributed by atoms with Crippen molar-refractivity contribution in [3.63, 3.8) is 0 Å². The molecule has 1 aromatic carbocycles. The number of alkyl halides is 4. The van der Waals surface area contributed by atoms with Crippen LogP contribution in [0.1, 0.15) is 6.92 Å². The summed E-state index contributed by atoms with van der Waals surface area (Å²) in [6, 6.07) is 1.80. The van der Waals surface area contributed by atoms with Gasteiger partial charge in [0.15, 0.2) is 0 Å². The maximum atomic E-state index is 14.4. The van der Waals surface area contributed by atoms with Gasteiger partial charge in [-0.05, 0) is 19.1 Å². The molecule has 2 aromatic rings. The fourth-order valence-electron chi connectivity index (χ4n) is 2.13. The van der Waals surface area contributed by atoms with Gasteiger partial charge >= 0.3 is 6.18 Å². The first-order valence-corrected chi connectivity index (χ1v) is 9.42. The number of benzene rings is 1. The molecule has 0 amide bonds. The Labute approximate surface area is 178 Å². The number of anilines is 2. The second-order valence-corrected chi connectivity index (χ2v) is 6.75. The predicted molar refractivity (Wildman–Crippen MR) is 105 cm³/mol. The van der Waals surface area contributed by atoms with E-state index in [1.807, 2.05) is 0 Å². The Morgan fingerprint density at radius 1 is 1.17 bits per heavy atom. The Hall–Kier alpha value is -1.59. The maximum Gasteiger partial charge on any atom is 0.408 e. The Balaban J connectivity index is 2.43. The largest absolute Gasteiger partial charge is 0.408 e. The highest BCUT2D eigenvalue weighted by Gasteiger charge is 2.37. The van der Waals surface area contributed by atoms with E-state index in [0.717, 1.165) is 13.0 Å². The van der Waals surface area contributed by atoms with Crippen LogP contribution >= 0.6 is 34.8 Å². The molecule has 0 saturated heterocycles. The quantitative estimate of drug-likeness (QED) is 0.117. The summed E-state index contributed by atoms with van der Waals surface area (Å²) in [7, 11) is 0.